The van der Waals surface area contributed by atoms with E-state index in [1.54, 1.807) is 6.07 Å². The van der Waals surface area contributed by atoms with Crippen LogP contribution in [0.15, 0.2) is 72.8 Å². The highest BCUT2D eigenvalue weighted by Gasteiger charge is 2.47. The van der Waals surface area contributed by atoms with Gasteiger partial charge in [0, 0.05) is 41.0 Å². The van der Waals surface area contributed by atoms with Crippen molar-refractivity contribution in [2.75, 3.05) is 7.11 Å². The lowest BCUT2D eigenvalue weighted by Gasteiger charge is -2.38. The third-order valence-electron chi connectivity index (χ3n) is 6.81. The average Bonchev–Trinajstić information content (AvgIpc) is 3.20. The van der Waals surface area contributed by atoms with Crippen molar-refractivity contribution in [3.63, 3.8) is 0 Å². The molecule has 36 heavy (non-hydrogen) atoms. The van der Waals surface area contributed by atoms with E-state index in [-0.39, 0.29) is 24.8 Å². The number of aromatic nitrogens is 1. The van der Waals surface area contributed by atoms with Crippen LogP contribution in [0.25, 0.3) is 22.0 Å². The summed E-state index contributed by atoms with van der Waals surface area (Å²) in [4.78, 5) is 12.3. The van der Waals surface area contributed by atoms with Crippen molar-refractivity contribution < 1.29 is 23.0 Å². The summed E-state index contributed by atoms with van der Waals surface area (Å²) in [5, 5.41) is 0.918. The standard InChI is InChI=1S/C30H29F2NO3/c1-19(2)28-27(21-10-7-11-22(14-21)29(34)35-3)25-15-24(36-18-20-8-5-4-6-9-20)12-13-26(25)33(28)23-16-30(31,32)17-23/h4-15,19,23H,16-18H2,1-3H3. The van der Waals surface area contributed by atoms with Crippen molar-refractivity contribution in [1.82, 2.24) is 4.57 Å². The topological polar surface area (TPSA) is 40.5 Å². The molecule has 3 aromatic carbocycles. The summed E-state index contributed by atoms with van der Waals surface area (Å²) in [6.45, 7) is 4.57. The predicted octanol–water partition coefficient (Wildman–Crippen LogP) is 7.77. The van der Waals surface area contributed by atoms with Crippen LogP contribution in [-0.2, 0) is 11.3 Å². The number of carbonyl (C=O) groups is 1. The minimum Gasteiger partial charge on any atom is -0.489 e. The van der Waals surface area contributed by atoms with Crippen LogP contribution in [0.3, 0.4) is 0 Å². The molecule has 0 bridgehead atoms. The van der Waals surface area contributed by atoms with Gasteiger partial charge in [-0.15, -0.1) is 0 Å². The van der Waals surface area contributed by atoms with Crippen molar-refractivity contribution in [2.24, 2.45) is 0 Å². The van der Waals surface area contributed by atoms with Gasteiger partial charge >= 0.3 is 5.97 Å². The molecule has 1 heterocycles. The molecule has 4 nitrogen and oxygen atoms in total. The Morgan fingerprint density at radius 1 is 1.03 bits per heavy atom. The fraction of sp³-hybridized carbons (Fsp3) is 0.300. The van der Waals surface area contributed by atoms with Gasteiger partial charge in [-0.25, -0.2) is 13.6 Å². The van der Waals surface area contributed by atoms with Gasteiger partial charge in [0.2, 0.25) is 0 Å². The molecule has 1 aromatic heterocycles. The molecule has 1 fully saturated rings. The summed E-state index contributed by atoms with van der Waals surface area (Å²) in [6.07, 6.45) is -0.352. The molecule has 5 rings (SSSR count). The highest BCUT2D eigenvalue weighted by Crippen LogP contribution is 2.51. The summed E-state index contributed by atoms with van der Waals surface area (Å²) in [5.74, 6) is -2.29. The van der Waals surface area contributed by atoms with E-state index >= 15 is 0 Å². The largest absolute Gasteiger partial charge is 0.489 e. The van der Waals surface area contributed by atoms with Crippen molar-refractivity contribution in [3.8, 4) is 16.9 Å². The first-order chi connectivity index (χ1) is 17.3. The van der Waals surface area contributed by atoms with Crippen LogP contribution in [0, 0.1) is 0 Å². The average molecular weight is 490 g/mol. The predicted molar refractivity (Wildman–Crippen MR) is 137 cm³/mol. The van der Waals surface area contributed by atoms with Crippen LogP contribution in [-0.4, -0.2) is 23.6 Å². The lowest BCUT2D eigenvalue weighted by Crippen LogP contribution is -2.37. The van der Waals surface area contributed by atoms with Gasteiger partial charge in [0.1, 0.15) is 12.4 Å². The Labute approximate surface area is 209 Å². The molecular weight excluding hydrogens is 460 g/mol. The Kier molecular flexibility index (Phi) is 6.29. The number of ether oxygens (including phenoxy) is 2. The Morgan fingerprint density at radius 2 is 1.78 bits per heavy atom. The number of carbonyl (C=O) groups excluding carboxylic acids is 1. The van der Waals surface area contributed by atoms with Crippen LogP contribution in [0.4, 0.5) is 8.78 Å². The highest BCUT2D eigenvalue weighted by atomic mass is 19.3. The molecule has 0 saturated heterocycles. The van der Waals surface area contributed by atoms with E-state index in [0.717, 1.165) is 33.3 Å². The molecule has 0 amide bonds. The number of hydrogen-bond acceptors (Lipinski definition) is 3. The summed E-state index contributed by atoms with van der Waals surface area (Å²) in [7, 11) is 1.35. The van der Waals surface area contributed by atoms with Gasteiger partial charge < -0.3 is 14.0 Å². The first-order valence-corrected chi connectivity index (χ1v) is 12.2. The number of methoxy groups -OCH3 is 1. The molecule has 0 radical (unpaired) electrons. The molecule has 0 spiro atoms. The quantitative estimate of drug-likeness (QED) is 0.249. The molecule has 1 saturated carbocycles. The SMILES string of the molecule is COC(=O)c1cccc(-c2c(C(C)C)n(C3CC(F)(F)C3)c3ccc(OCc4ccccc4)cc23)c1. The maximum absolute atomic E-state index is 14.0. The lowest BCUT2D eigenvalue weighted by atomic mass is 9.87. The van der Waals surface area contributed by atoms with E-state index in [4.69, 9.17) is 9.47 Å². The van der Waals surface area contributed by atoms with Crippen LogP contribution in [0.5, 0.6) is 5.75 Å². The van der Waals surface area contributed by atoms with Crippen molar-refractivity contribution >= 4 is 16.9 Å². The zero-order valence-electron chi connectivity index (χ0n) is 20.6. The summed E-state index contributed by atoms with van der Waals surface area (Å²) >= 11 is 0. The van der Waals surface area contributed by atoms with E-state index in [9.17, 15) is 13.6 Å². The number of fused-ring (bicyclic) bond motifs is 1. The first-order valence-electron chi connectivity index (χ1n) is 12.2. The fourth-order valence-electron chi connectivity index (χ4n) is 5.14. The van der Waals surface area contributed by atoms with Gasteiger partial charge in [-0.1, -0.05) is 56.3 Å². The summed E-state index contributed by atoms with van der Waals surface area (Å²) in [6, 6.07) is 22.8. The van der Waals surface area contributed by atoms with Crippen LogP contribution in [0.2, 0.25) is 0 Å². The zero-order valence-corrected chi connectivity index (χ0v) is 20.6. The van der Waals surface area contributed by atoms with Crippen LogP contribution >= 0.6 is 0 Å². The van der Waals surface area contributed by atoms with Gasteiger partial charge in [-0.3, -0.25) is 0 Å². The molecule has 0 unspecified atom stereocenters. The van der Waals surface area contributed by atoms with Gasteiger partial charge in [0.15, 0.2) is 0 Å². The van der Waals surface area contributed by atoms with E-state index in [1.807, 2.05) is 66.7 Å². The van der Waals surface area contributed by atoms with Crippen molar-refractivity contribution in [1.29, 1.82) is 0 Å². The summed E-state index contributed by atoms with van der Waals surface area (Å²) < 4.78 is 41.0. The van der Waals surface area contributed by atoms with Gasteiger partial charge in [-0.2, -0.15) is 0 Å². The highest BCUT2D eigenvalue weighted by molar-refractivity contribution is 6.01. The minimum atomic E-state index is -2.64. The Balaban J connectivity index is 1.67. The molecule has 1 aliphatic carbocycles. The third kappa shape index (κ3) is 4.48. The Morgan fingerprint density at radius 3 is 2.44 bits per heavy atom. The van der Waals surface area contributed by atoms with Gasteiger partial charge in [0.05, 0.1) is 12.7 Å². The number of benzene rings is 3. The number of hydrogen-bond donors (Lipinski definition) is 0. The van der Waals surface area contributed by atoms with E-state index < -0.39 is 11.9 Å². The van der Waals surface area contributed by atoms with Crippen molar-refractivity contribution in [2.45, 2.75) is 51.2 Å². The zero-order chi connectivity index (χ0) is 25.4. The number of nitrogens with zero attached hydrogens (tertiary/aromatic N) is 1. The maximum atomic E-state index is 14.0. The second-order valence-electron chi connectivity index (χ2n) is 9.73. The van der Waals surface area contributed by atoms with Crippen molar-refractivity contribution in [3.05, 3.63) is 89.6 Å². The molecule has 186 valence electrons. The molecule has 0 aliphatic heterocycles. The van der Waals surface area contributed by atoms with Crippen LogP contribution < -0.4 is 4.74 Å². The maximum Gasteiger partial charge on any atom is 0.337 e. The van der Waals surface area contributed by atoms with E-state index in [2.05, 4.69) is 18.4 Å². The van der Waals surface area contributed by atoms with Gasteiger partial charge in [0.25, 0.3) is 5.92 Å². The van der Waals surface area contributed by atoms with E-state index in [1.165, 1.54) is 7.11 Å². The third-order valence-corrected chi connectivity index (χ3v) is 6.81. The van der Waals surface area contributed by atoms with E-state index in [0.29, 0.717) is 17.9 Å². The second kappa shape index (κ2) is 9.41. The monoisotopic (exact) mass is 489 g/mol. The smallest absolute Gasteiger partial charge is 0.337 e. The minimum absolute atomic E-state index is 0.0668. The molecule has 0 atom stereocenters. The Hall–Kier alpha value is -3.67. The first kappa shape index (κ1) is 24.0. The van der Waals surface area contributed by atoms with Crippen LogP contribution in [0.1, 0.15) is 60.3 Å². The number of halogens is 2. The number of rotatable bonds is 7. The molecule has 0 N–H and O–H groups in total. The summed E-state index contributed by atoms with van der Waals surface area (Å²) in [5.41, 5.74) is 5.15. The Bertz CT molecular complexity index is 1400. The molecule has 4 aromatic rings. The number of alkyl halides is 2. The number of esters is 1. The lowest BCUT2D eigenvalue weighted by molar-refractivity contribution is -0.103. The fourth-order valence-corrected chi connectivity index (χ4v) is 5.14. The molecule has 1 aliphatic rings. The normalized spacial score (nSPS) is 15.2. The molecular formula is C30H29F2NO3. The molecule has 6 heteroatoms. The van der Waals surface area contributed by atoms with Gasteiger partial charge in [-0.05, 0) is 47.4 Å². The second-order valence-corrected chi connectivity index (χ2v) is 9.73.